The molecule has 28 heavy (non-hydrogen) atoms. The molecule has 0 bridgehead atoms. The summed E-state index contributed by atoms with van der Waals surface area (Å²) in [6.07, 6.45) is -0.517. The topological polar surface area (TPSA) is 58.4 Å². The lowest BCUT2D eigenvalue weighted by Gasteiger charge is -2.42. The average molecular weight is 390 g/mol. The number of hydrogen-bond donors (Lipinski definition) is 0. The van der Waals surface area contributed by atoms with E-state index in [2.05, 4.69) is 0 Å². The van der Waals surface area contributed by atoms with Crippen LogP contribution in [0.1, 0.15) is 17.3 Å². The van der Waals surface area contributed by atoms with Crippen molar-refractivity contribution in [2.24, 2.45) is 0 Å². The van der Waals surface area contributed by atoms with Gasteiger partial charge in [-0.15, -0.1) is 0 Å². The molecule has 3 aromatic rings. The molecule has 0 radical (unpaired) electrons. The Morgan fingerprint density at radius 2 is 1.71 bits per heavy atom. The summed E-state index contributed by atoms with van der Waals surface area (Å²) in [5.41, 5.74) is 4.47. The molecule has 0 N–H and O–H groups in total. The van der Waals surface area contributed by atoms with E-state index >= 15 is 0 Å². The van der Waals surface area contributed by atoms with Crippen LogP contribution in [0.5, 0.6) is 0 Å². The van der Waals surface area contributed by atoms with Crippen molar-refractivity contribution in [3.8, 4) is 0 Å². The molecule has 1 saturated heterocycles. The first-order valence-electron chi connectivity index (χ1n) is 8.98. The minimum absolute atomic E-state index is 0.264. The molecular weight excluding hydrogens is 372 g/mol. The molecule has 3 heterocycles. The first-order valence-corrected chi connectivity index (χ1v) is 9.80. The van der Waals surface area contributed by atoms with E-state index in [0.29, 0.717) is 5.57 Å². The number of rotatable bonds is 1. The summed E-state index contributed by atoms with van der Waals surface area (Å²) in [6.45, 7) is 2.03. The van der Waals surface area contributed by atoms with Crippen LogP contribution in [0.4, 0.5) is 4.79 Å². The number of thioether (sulfide) groups is 1. The number of aromatic nitrogens is 2. The fraction of sp³-hybridized carbons (Fsp3) is 0.190. The Hall–Kier alpha value is -3.06. The largest absolute Gasteiger partial charge is 0.328 e. The lowest BCUT2D eigenvalue weighted by atomic mass is 10.0. The van der Waals surface area contributed by atoms with Crippen molar-refractivity contribution >= 4 is 39.6 Å². The predicted octanol–water partition coefficient (Wildman–Crippen LogP) is 3.88. The molecule has 6 nitrogen and oxygen atoms in total. The van der Waals surface area contributed by atoms with Crippen molar-refractivity contribution in [3.63, 3.8) is 0 Å². The normalized spacial score (nSPS) is 19.3. The summed E-state index contributed by atoms with van der Waals surface area (Å²) in [5, 5.41) is 0.780. The van der Waals surface area contributed by atoms with Crippen molar-refractivity contribution in [2.75, 3.05) is 14.1 Å². The second-order valence-corrected chi connectivity index (χ2v) is 8.07. The number of likely N-dealkylation sites (N-methyl/N-ethyl adjacent to an activating group) is 2. The molecule has 2 aliphatic rings. The molecule has 1 atom stereocenters. The zero-order valence-corrected chi connectivity index (χ0v) is 16.5. The van der Waals surface area contributed by atoms with Gasteiger partial charge in [0.05, 0.1) is 16.6 Å². The first kappa shape index (κ1) is 17.1. The van der Waals surface area contributed by atoms with Crippen LogP contribution < -0.4 is 0 Å². The molecule has 5 rings (SSSR count). The van der Waals surface area contributed by atoms with Gasteiger partial charge < -0.3 is 4.90 Å². The molecule has 1 aromatic heterocycles. The summed E-state index contributed by atoms with van der Waals surface area (Å²) in [5.74, 6) is -0.264. The van der Waals surface area contributed by atoms with Crippen molar-refractivity contribution in [3.05, 3.63) is 65.2 Å². The number of imidazole rings is 1. The van der Waals surface area contributed by atoms with Gasteiger partial charge in [0.25, 0.3) is 5.91 Å². The quantitative estimate of drug-likeness (QED) is 0.633. The molecule has 0 saturated carbocycles. The van der Waals surface area contributed by atoms with E-state index in [9.17, 15) is 9.59 Å². The number of carbonyl (C=O) groups excluding carboxylic acids is 2. The van der Waals surface area contributed by atoms with Crippen LogP contribution in [0.15, 0.2) is 59.3 Å². The molecule has 2 aliphatic heterocycles. The summed E-state index contributed by atoms with van der Waals surface area (Å²) < 4.78 is 2.00. The number of imide groups is 1. The van der Waals surface area contributed by atoms with Crippen molar-refractivity contribution < 1.29 is 9.59 Å². The number of amides is 3. The molecule has 1 unspecified atom stereocenters. The van der Waals surface area contributed by atoms with Crippen LogP contribution in [-0.4, -0.2) is 45.4 Å². The number of nitrogens with zero attached hydrogens (tertiary/aromatic N) is 4. The Morgan fingerprint density at radius 3 is 2.46 bits per heavy atom. The average Bonchev–Trinajstić information content (AvgIpc) is 3.08. The van der Waals surface area contributed by atoms with Crippen molar-refractivity contribution in [1.29, 1.82) is 0 Å². The fourth-order valence-corrected chi connectivity index (χ4v) is 5.01. The summed E-state index contributed by atoms with van der Waals surface area (Å²) >= 11 is 1.48. The Balaban J connectivity index is 1.81. The smallest absolute Gasteiger partial charge is 0.302 e. The van der Waals surface area contributed by atoms with Crippen LogP contribution in [0, 0.1) is 6.92 Å². The monoisotopic (exact) mass is 390 g/mol. The second kappa shape index (κ2) is 5.97. The lowest BCUT2D eigenvalue weighted by Crippen LogP contribution is -2.53. The minimum atomic E-state index is -0.517. The van der Waals surface area contributed by atoms with Gasteiger partial charge in [0.1, 0.15) is 6.17 Å². The van der Waals surface area contributed by atoms with Gasteiger partial charge in [-0.25, -0.2) is 9.78 Å². The number of aryl methyl sites for hydroxylation is 1. The van der Waals surface area contributed by atoms with Crippen LogP contribution in [0.2, 0.25) is 0 Å². The number of urea groups is 1. The van der Waals surface area contributed by atoms with Gasteiger partial charge in [-0.3, -0.25) is 14.3 Å². The molecule has 1 fully saturated rings. The zero-order chi connectivity index (χ0) is 19.6. The molecular formula is C21H18N4O2S. The molecule has 0 spiro atoms. The van der Waals surface area contributed by atoms with E-state index in [-0.39, 0.29) is 11.9 Å². The van der Waals surface area contributed by atoms with Crippen LogP contribution in [0.25, 0.3) is 15.9 Å². The van der Waals surface area contributed by atoms with Gasteiger partial charge >= 0.3 is 6.03 Å². The number of para-hydroxylation sites is 2. The van der Waals surface area contributed by atoms with E-state index < -0.39 is 6.17 Å². The first-order chi connectivity index (χ1) is 13.5. The van der Waals surface area contributed by atoms with Gasteiger partial charge in [-0.2, -0.15) is 0 Å². The predicted molar refractivity (Wildman–Crippen MR) is 109 cm³/mol. The van der Waals surface area contributed by atoms with Crippen molar-refractivity contribution in [2.45, 2.75) is 18.2 Å². The highest BCUT2D eigenvalue weighted by atomic mass is 32.2. The van der Waals surface area contributed by atoms with E-state index in [1.807, 2.05) is 60.0 Å². The molecule has 7 heteroatoms. The Kier molecular flexibility index (Phi) is 3.64. The highest BCUT2D eigenvalue weighted by Gasteiger charge is 2.45. The zero-order valence-electron chi connectivity index (χ0n) is 15.7. The third-order valence-electron chi connectivity index (χ3n) is 5.31. The van der Waals surface area contributed by atoms with Gasteiger partial charge in [0.2, 0.25) is 0 Å². The Labute approximate surface area is 166 Å². The molecule has 140 valence electrons. The minimum Gasteiger partial charge on any atom is -0.302 e. The standard InChI is InChI=1S/C21H18N4O2S/c1-12-8-10-13(11-9-12)17-16-18(23(2)21(27)24(3)19(16)26)25-15-7-5-4-6-14(15)22-20(25)28-17/h4-11,18H,1-3H3. The van der Waals surface area contributed by atoms with Crippen molar-refractivity contribution in [1.82, 2.24) is 19.4 Å². The maximum atomic E-state index is 13.2. The number of fused-ring (bicyclic) bond motifs is 5. The third kappa shape index (κ3) is 2.26. The molecule has 3 amide bonds. The SMILES string of the molecule is Cc1ccc(C2=C3C(=O)N(C)C(=O)N(C)C3n3c(nc4ccccc43)S2)cc1. The highest BCUT2D eigenvalue weighted by molar-refractivity contribution is 8.08. The summed E-state index contributed by atoms with van der Waals surface area (Å²) in [6, 6.07) is 15.6. The van der Waals surface area contributed by atoms with Gasteiger partial charge in [0.15, 0.2) is 5.16 Å². The van der Waals surface area contributed by atoms with Gasteiger partial charge in [-0.05, 0) is 24.6 Å². The number of carbonyl (C=O) groups is 2. The highest BCUT2D eigenvalue weighted by Crippen LogP contribution is 2.49. The maximum Gasteiger partial charge on any atom is 0.328 e. The Morgan fingerprint density at radius 1 is 1.00 bits per heavy atom. The van der Waals surface area contributed by atoms with Crippen LogP contribution in [-0.2, 0) is 4.79 Å². The number of benzene rings is 2. The molecule has 0 aliphatic carbocycles. The van der Waals surface area contributed by atoms with E-state index in [0.717, 1.165) is 32.2 Å². The van der Waals surface area contributed by atoms with E-state index in [1.165, 1.54) is 23.7 Å². The third-order valence-corrected chi connectivity index (χ3v) is 6.44. The van der Waals surface area contributed by atoms with Crippen LogP contribution >= 0.6 is 11.8 Å². The summed E-state index contributed by atoms with van der Waals surface area (Å²) in [7, 11) is 3.26. The lowest BCUT2D eigenvalue weighted by molar-refractivity contribution is -0.126. The van der Waals surface area contributed by atoms with Crippen LogP contribution in [0.3, 0.4) is 0 Å². The molecule has 2 aromatic carbocycles. The van der Waals surface area contributed by atoms with E-state index in [4.69, 9.17) is 4.98 Å². The Bertz CT molecular complexity index is 1180. The summed E-state index contributed by atoms with van der Waals surface area (Å²) in [4.78, 5) is 34.3. The maximum absolute atomic E-state index is 13.2. The second-order valence-electron chi connectivity index (χ2n) is 7.10. The van der Waals surface area contributed by atoms with Gasteiger partial charge in [-0.1, -0.05) is 53.7 Å². The fourth-order valence-electron chi connectivity index (χ4n) is 3.83. The van der Waals surface area contributed by atoms with E-state index in [1.54, 1.807) is 11.9 Å². The number of hydrogen-bond acceptors (Lipinski definition) is 4. The van der Waals surface area contributed by atoms with Gasteiger partial charge in [0, 0.05) is 19.0 Å².